The summed E-state index contributed by atoms with van der Waals surface area (Å²) in [5.41, 5.74) is 3.00. The van der Waals surface area contributed by atoms with E-state index in [9.17, 15) is 0 Å². The Morgan fingerprint density at radius 3 is 2.50 bits per heavy atom. The second-order valence-corrected chi connectivity index (χ2v) is 7.24. The first-order valence-electron chi connectivity index (χ1n) is 7.99. The van der Waals surface area contributed by atoms with Crippen LogP contribution in [-0.4, -0.2) is 29.6 Å². The summed E-state index contributed by atoms with van der Waals surface area (Å²) in [6.07, 6.45) is 4.05. The number of hydrogen-bond donors (Lipinski definition) is 1. The van der Waals surface area contributed by atoms with Gasteiger partial charge in [0.05, 0.1) is 0 Å². The highest BCUT2D eigenvalue weighted by Crippen LogP contribution is 2.20. The molecular formula is C18H30N2. The van der Waals surface area contributed by atoms with Gasteiger partial charge in [-0.1, -0.05) is 36.2 Å². The minimum atomic E-state index is 0.215. The summed E-state index contributed by atoms with van der Waals surface area (Å²) in [5, 5.41) is 3.67. The van der Waals surface area contributed by atoms with Crippen LogP contribution in [0.3, 0.4) is 0 Å². The minimum absolute atomic E-state index is 0.215. The van der Waals surface area contributed by atoms with E-state index in [-0.39, 0.29) is 5.54 Å². The average molecular weight is 274 g/mol. The molecule has 0 bridgehead atoms. The van der Waals surface area contributed by atoms with Crippen molar-refractivity contribution in [1.82, 2.24) is 10.2 Å². The van der Waals surface area contributed by atoms with Crippen LogP contribution in [0.15, 0.2) is 24.3 Å². The van der Waals surface area contributed by atoms with Gasteiger partial charge in [-0.15, -0.1) is 0 Å². The van der Waals surface area contributed by atoms with Crippen LogP contribution < -0.4 is 5.32 Å². The van der Waals surface area contributed by atoms with E-state index < -0.39 is 0 Å². The number of piperidine rings is 1. The maximum atomic E-state index is 3.67. The van der Waals surface area contributed by atoms with Gasteiger partial charge in [0.1, 0.15) is 0 Å². The van der Waals surface area contributed by atoms with E-state index >= 15 is 0 Å². The molecule has 2 rings (SSSR count). The monoisotopic (exact) mass is 274 g/mol. The van der Waals surface area contributed by atoms with Crippen molar-refractivity contribution in [3.05, 3.63) is 35.4 Å². The number of likely N-dealkylation sites (tertiary alicyclic amines) is 1. The number of benzene rings is 1. The molecule has 0 aromatic heterocycles. The van der Waals surface area contributed by atoms with Crippen LogP contribution in [0.4, 0.5) is 0 Å². The number of aryl methyl sites for hydroxylation is 1. The normalized spacial score (nSPS) is 21.1. The van der Waals surface area contributed by atoms with Crippen LogP contribution >= 0.6 is 0 Å². The van der Waals surface area contributed by atoms with Crippen molar-refractivity contribution in [3.63, 3.8) is 0 Å². The molecule has 1 heterocycles. The van der Waals surface area contributed by atoms with Crippen LogP contribution in [-0.2, 0) is 6.54 Å². The summed E-state index contributed by atoms with van der Waals surface area (Å²) in [6.45, 7) is 12.3. The Kier molecular flexibility index (Phi) is 5.22. The predicted octanol–water partition coefficient (Wildman–Crippen LogP) is 3.74. The Bertz CT molecular complexity index is 402. The fourth-order valence-electron chi connectivity index (χ4n) is 2.85. The van der Waals surface area contributed by atoms with E-state index in [0.717, 1.165) is 13.1 Å². The van der Waals surface area contributed by atoms with Crippen molar-refractivity contribution >= 4 is 0 Å². The van der Waals surface area contributed by atoms with Crippen molar-refractivity contribution in [2.45, 2.75) is 65.1 Å². The topological polar surface area (TPSA) is 15.3 Å². The lowest BCUT2D eigenvalue weighted by Crippen LogP contribution is -2.49. The Morgan fingerprint density at radius 1 is 1.15 bits per heavy atom. The largest absolute Gasteiger partial charge is 0.311 e. The minimum Gasteiger partial charge on any atom is -0.311 e. The van der Waals surface area contributed by atoms with Gasteiger partial charge in [0.15, 0.2) is 0 Å². The average Bonchev–Trinajstić information content (AvgIpc) is 2.39. The first-order valence-corrected chi connectivity index (χ1v) is 7.99. The molecule has 1 fully saturated rings. The molecule has 0 amide bonds. The smallest absolute Gasteiger partial charge is 0.0237 e. The van der Waals surface area contributed by atoms with Crippen molar-refractivity contribution in [2.24, 2.45) is 0 Å². The van der Waals surface area contributed by atoms with E-state index in [1.54, 1.807) is 0 Å². The molecule has 1 atom stereocenters. The molecule has 2 nitrogen and oxygen atoms in total. The molecule has 112 valence electrons. The van der Waals surface area contributed by atoms with Crippen LogP contribution in [0.25, 0.3) is 0 Å². The third kappa shape index (κ3) is 4.92. The van der Waals surface area contributed by atoms with Crippen molar-refractivity contribution in [3.8, 4) is 0 Å². The zero-order valence-corrected chi connectivity index (χ0v) is 13.6. The fraction of sp³-hybridized carbons (Fsp3) is 0.667. The molecule has 1 aliphatic heterocycles. The van der Waals surface area contributed by atoms with Gasteiger partial charge in [0, 0.05) is 24.7 Å². The van der Waals surface area contributed by atoms with Gasteiger partial charge < -0.3 is 5.32 Å². The van der Waals surface area contributed by atoms with Crippen LogP contribution in [0.1, 0.15) is 51.2 Å². The summed E-state index contributed by atoms with van der Waals surface area (Å²) in [4.78, 5) is 2.66. The molecule has 0 saturated carbocycles. The molecule has 1 aromatic carbocycles. The lowest BCUT2D eigenvalue weighted by molar-refractivity contribution is 0.131. The van der Waals surface area contributed by atoms with Gasteiger partial charge in [-0.3, -0.25) is 4.90 Å². The molecule has 2 heteroatoms. The standard InChI is InChI=1S/C18H30N2/c1-15-8-10-16(11-9-15)14-20-12-6-5-7-17(20)13-19-18(2,3)4/h8-11,17,19H,5-7,12-14H2,1-4H3. The van der Waals surface area contributed by atoms with E-state index in [2.05, 4.69) is 62.2 Å². The second kappa shape index (κ2) is 6.73. The summed E-state index contributed by atoms with van der Waals surface area (Å²) < 4.78 is 0. The molecule has 0 aliphatic carbocycles. The van der Waals surface area contributed by atoms with E-state index in [1.165, 1.54) is 36.9 Å². The Morgan fingerprint density at radius 2 is 1.85 bits per heavy atom. The third-order valence-corrected chi connectivity index (χ3v) is 4.12. The molecule has 1 unspecified atom stereocenters. The molecule has 0 radical (unpaired) electrons. The molecule has 1 N–H and O–H groups in total. The van der Waals surface area contributed by atoms with Crippen molar-refractivity contribution in [1.29, 1.82) is 0 Å². The molecule has 20 heavy (non-hydrogen) atoms. The molecule has 1 aromatic rings. The molecule has 1 saturated heterocycles. The fourth-order valence-corrected chi connectivity index (χ4v) is 2.85. The summed E-state index contributed by atoms with van der Waals surface area (Å²) in [6, 6.07) is 9.68. The first-order chi connectivity index (χ1) is 9.44. The number of rotatable bonds is 4. The lowest BCUT2D eigenvalue weighted by Gasteiger charge is -2.37. The molecular weight excluding hydrogens is 244 g/mol. The SMILES string of the molecule is Cc1ccc(CN2CCCCC2CNC(C)(C)C)cc1. The zero-order chi connectivity index (χ0) is 14.6. The van der Waals surface area contributed by atoms with E-state index in [4.69, 9.17) is 0 Å². The quantitative estimate of drug-likeness (QED) is 0.900. The number of hydrogen-bond acceptors (Lipinski definition) is 2. The van der Waals surface area contributed by atoms with E-state index in [1.807, 2.05) is 0 Å². The Labute approximate surface area is 124 Å². The van der Waals surface area contributed by atoms with Crippen molar-refractivity contribution in [2.75, 3.05) is 13.1 Å². The van der Waals surface area contributed by atoms with Crippen LogP contribution in [0, 0.1) is 6.92 Å². The zero-order valence-electron chi connectivity index (χ0n) is 13.6. The number of nitrogens with zero attached hydrogens (tertiary/aromatic N) is 1. The Balaban J connectivity index is 1.94. The highest BCUT2D eigenvalue weighted by molar-refractivity contribution is 5.21. The summed E-state index contributed by atoms with van der Waals surface area (Å²) in [5.74, 6) is 0. The van der Waals surface area contributed by atoms with Gasteiger partial charge >= 0.3 is 0 Å². The van der Waals surface area contributed by atoms with Gasteiger partial charge in [-0.2, -0.15) is 0 Å². The summed E-state index contributed by atoms with van der Waals surface area (Å²) >= 11 is 0. The van der Waals surface area contributed by atoms with Crippen molar-refractivity contribution < 1.29 is 0 Å². The molecule has 1 aliphatic rings. The van der Waals surface area contributed by atoms with Gasteiger partial charge in [0.25, 0.3) is 0 Å². The lowest BCUT2D eigenvalue weighted by atomic mass is 9.99. The highest BCUT2D eigenvalue weighted by atomic mass is 15.2. The van der Waals surface area contributed by atoms with E-state index in [0.29, 0.717) is 6.04 Å². The van der Waals surface area contributed by atoms with Crippen LogP contribution in [0.2, 0.25) is 0 Å². The highest BCUT2D eigenvalue weighted by Gasteiger charge is 2.23. The maximum Gasteiger partial charge on any atom is 0.0237 e. The van der Waals surface area contributed by atoms with Gasteiger partial charge in [-0.05, 0) is 52.6 Å². The molecule has 0 spiro atoms. The number of nitrogens with one attached hydrogen (secondary N) is 1. The third-order valence-electron chi connectivity index (χ3n) is 4.12. The Hall–Kier alpha value is -0.860. The van der Waals surface area contributed by atoms with Crippen LogP contribution in [0.5, 0.6) is 0 Å². The maximum absolute atomic E-state index is 3.67. The summed E-state index contributed by atoms with van der Waals surface area (Å²) in [7, 11) is 0. The van der Waals surface area contributed by atoms with Gasteiger partial charge in [-0.25, -0.2) is 0 Å². The van der Waals surface area contributed by atoms with Gasteiger partial charge in [0.2, 0.25) is 0 Å². The second-order valence-electron chi connectivity index (χ2n) is 7.24. The predicted molar refractivity (Wildman–Crippen MR) is 87.0 cm³/mol. The first kappa shape index (κ1) is 15.5.